The van der Waals surface area contributed by atoms with Crippen molar-refractivity contribution in [3.8, 4) is 0 Å². The largest absolute Gasteiger partial charge is 0.324 e. The third kappa shape index (κ3) is 2.68. The first-order valence-electron chi connectivity index (χ1n) is 4.53. The normalized spacial score (nSPS) is 10.2. The predicted molar refractivity (Wildman–Crippen MR) is 67.0 cm³/mol. The summed E-state index contributed by atoms with van der Waals surface area (Å²) in [4.78, 5) is 12.1. The molecular weight excluding hydrogens is 291 g/mol. The maximum absolute atomic E-state index is 5.70. The van der Waals surface area contributed by atoms with Crippen molar-refractivity contribution in [1.82, 2.24) is 15.0 Å². The van der Waals surface area contributed by atoms with Crippen LogP contribution in [0.4, 0.5) is 11.6 Å². The van der Waals surface area contributed by atoms with Crippen molar-refractivity contribution in [2.45, 2.75) is 6.92 Å². The monoisotopic (exact) mass is 298 g/mol. The van der Waals surface area contributed by atoms with Crippen LogP contribution in [-0.4, -0.2) is 15.0 Å². The van der Waals surface area contributed by atoms with E-state index in [1.807, 2.05) is 19.1 Å². The number of anilines is 2. The molecule has 0 saturated heterocycles. The SMILES string of the molecule is Cc1ccc(Nc2nc(Cl)ncc2Br)nc1. The van der Waals surface area contributed by atoms with Gasteiger partial charge in [0.1, 0.15) is 5.82 Å². The predicted octanol–water partition coefficient (Wildman–Crippen LogP) is 3.34. The van der Waals surface area contributed by atoms with Crippen LogP contribution in [0.2, 0.25) is 5.28 Å². The van der Waals surface area contributed by atoms with E-state index in [-0.39, 0.29) is 5.28 Å². The Kier molecular flexibility index (Phi) is 3.36. The number of hydrogen-bond acceptors (Lipinski definition) is 4. The Morgan fingerprint density at radius 1 is 1.25 bits per heavy atom. The van der Waals surface area contributed by atoms with E-state index in [4.69, 9.17) is 11.6 Å². The highest BCUT2D eigenvalue weighted by atomic mass is 79.9. The molecule has 0 spiro atoms. The quantitative estimate of drug-likeness (QED) is 0.864. The van der Waals surface area contributed by atoms with Crippen LogP contribution in [0.1, 0.15) is 5.56 Å². The molecule has 0 radical (unpaired) electrons. The molecule has 2 heterocycles. The van der Waals surface area contributed by atoms with Gasteiger partial charge in [-0.1, -0.05) is 6.07 Å². The molecule has 0 bridgehead atoms. The van der Waals surface area contributed by atoms with Crippen LogP contribution >= 0.6 is 27.5 Å². The zero-order valence-electron chi connectivity index (χ0n) is 8.41. The molecule has 0 amide bonds. The zero-order chi connectivity index (χ0) is 11.5. The van der Waals surface area contributed by atoms with Gasteiger partial charge in [0.05, 0.1) is 4.47 Å². The summed E-state index contributed by atoms with van der Waals surface area (Å²) in [6.07, 6.45) is 3.37. The molecule has 4 nitrogen and oxygen atoms in total. The molecule has 6 heteroatoms. The van der Waals surface area contributed by atoms with Crippen molar-refractivity contribution in [3.05, 3.63) is 39.8 Å². The molecule has 0 aliphatic carbocycles. The van der Waals surface area contributed by atoms with Crippen molar-refractivity contribution in [1.29, 1.82) is 0 Å². The minimum Gasteiger partial charge on any atom is -0.324 e. The van der Waals surface area contributed by atoms with Gasteiger partial charge < -0.3 is 5.32 Å². The molecule has 16 heavy (non-hydrogen) atoms. The third-order valence-electron chi connectivity index (χ3n) is 1.87. The summed E-state index contributed by atoms with van der Waals surface area (Å²) in [6, 6.07) is 3.84. The molecule has 1 N–H and O–H groups in total. The van der Waals surface area contributed by atoms with Crippen LogP contribution in [0.5, 0.6) is 0 Å². The summed E-state index contributed by atoms with van der Waals surface area (Å²) in [6.45, 7) is 1.98. The van der Waals surface area contributed by atoms with Gasteiger partial charge in [-0.25, -0.2) is 9.97 Å². The lowest BCUT2D eigenvalue weighted by Gasteiger charge is -2.06. The molecule has 0 aromatic carbocycles. The standard InChI is InChI=1S/C10H8BrClN4/c1-6-2-3-8(13-4-6)15-9-7(11)5-14-10(12)16-9/h2-5H,1H3,(H,13,14,15,16). The molecule has 0 atom stereocenters. The van der Waals surface area contributed by atoms with Crippen LogP contribution in [0.25, 0.3) is 0 Å². The van der Waals surface area contributed by atoms with Crippen LogP contribution < -0.4 is 5.32 Å². The summed E-state index contributed by atoms with van der Waals surface area (Å²) in [7, 11) is 0. The van der Waals surface area contributed by atoms with Gasteiger partial charge in [0.25, 0.3) is 0 Å². The molecule has 2 rings (SSSR count). The van der Waals surface area contributed by atoms with Gasteiger partial charge in [-0.2, -0.15) is 4.98 Å². The van der Waals surface area contributed by atoms with Crippen LogP contribution in [0, 0.1) is 6.92 Å². The van der Waals surface area contributed by atoms with Gasteiger partial charge in [-0.05, 0) is 46.1 Å². The fourth-order valence-corrected chi connectivity index (χ4v) is 1.52. The Morgan fingerprint density at radius 3 is 2.75 bits per heavy atom. The Balaban J connectivity index is 2.26. The highest BCUT2D eigenvalue weighted by Crippen LogP contribution is 2.23. The molecule has 82 valence electrons. The second kappa shape index (κ2) is 4.76. The lowest BCUT2D eigenvalue weighted by Crippen LogP contribution is -1.98. The van der Waals surface area contributed by atoms with Crippen LogP contribution in [0.15, 0.2) is 29.0 Å². The second-order valence-corrected chi connectivity index (χ2v) is 4.37. The molecule has 0 unspecified atom stereocenters. The summed E-state index contributed by atoms with van der Waals surface area (Å²) in [5.74, 6) is 1.30. The van der Waals surface area contributed by atoms with Gasteiger partial charge >= 0.3 is 0 Å². The molecule has 0 aliphatic rings. The first kappa shape index (κ1) is 11.3. The fraction of sp³-hybridized carbons (Fsp3) is 0.100. The van der Waals surface area contributed by atoms with E-state index in [0.717, 1.165) is 10.0 Å². The topological polar surface area (TPSA) is 50.7 Å². The molecule has 0 saturated carbocycles. The van der Waals surface area contributed by atoms with Crippen molar-refractivity contribution in [2.24, 2.45) is 0 Å². The Morgan fingerprint density at radius 2 is 2.06 bits per heavy atom. The number of nitrogens with zero attached hydrogens (tertiary/aromatic N) is 3. The number of rotatable bonds is 2. The average molecular weight is 300 g/mol. The number of aromatic nitrogens is 3. The van der Waals surface area contributed by atoms with Crippen molar-refractivity contribution in [3.63, 3.8) is 0 Å². The summed E-state index contributed by atoms with van der Waals surface area (Å²) < 4.78 is 0.735. The summed E-state index contributed by atoms with van der Waals surface area (Å²) >= 11 is 9.03. The molecule has 2 aromatic rings. The maximum atomic E-state index is 5.70. The molecule has 0 aliphatic heterocycles. The Labute approximate surface area is 106 Å². The van der Waals surface area contributed by atoms with Gasteiger partial charge in [0.2, 0.25) is 5.28 Å². The van der Waals surface area contributed by atoms with Crippen molar-refractivity contribution in [2.75, 3.05) is 5.32 Å². The van der Waals surface area contributed by atoms with Crippen molar-refractivity contribution >= 4 is 39.2 Å². The second-order valence-electron chi connectivity index (χ2n) is 3.18. The first-order chi connectivity index (χ1) is 7.65. The van der Waals surface area contributed by atoms with E-state index in [9.17, 15) is 0 Å². The number of halogens is 2. The highest BCUT2D eigenvalue weighted by molar-refractivity contribution is 9.10. The van der Waals surface area contributed by atoms with E-state index >= 15 is 0 Å². The smallest absolute Gasteiger partial charge is 0.224 e. The number of aryl methyl sites for hydroxylation is 1. The Hall–Kier alpha value is -1.20. The first-order valence-corrected chi connectivity index (χ1v) is 5.70. The fourth-order valence-electron chi connectivity index (χ4n) is 1.10. The summed E-state index contributed by atoms with van der Waals surface area (Å²) in [5.41, 5.74) is 1.10. The van der Waals surface area contributed by atoms with E-state index in [0.29, 0.717) is 11.6 Å². The number of hydrogen-bond donors (Lipinski definition) is 1. The molecular formula is C10H8BrClN4. The van der Waals surface area contributed by atoms with Crippen LogP contribution in [-0.2, 0) is 0 Å². The van der Waals surface area contributed by atoms with E-state index in [1.54, 1.807) is 12.4 Å². The van der Waals surface area contributed by atoms with Gasteiger partial charge in [-0.3, -0.25) is 0 Å². The highest BCUT2D eigenvalue weighted by Gasteiger charge is 2.04. The van der Waals surface area contributed by atoms with Gasteiger partial charge in [-0.15, -0.1) is 0 Å². The number of pyridine rings is 1. The third-order valence-corrected chi connectivity index (χ3v) is 2.63. The van der Waals surface area contributed by atoms with E-state index in [2.05, 4.69) is 36.2 Å². The zero-order valence-corrected chi connectivity index (χ0v) is 10.7. The Bertz CT molecular complexity index is 501. The lowest BCUT2D eigenvalue weighted by atomic mass is 10.3. The maximum Gasteiger partial charge on any atom is 0.224 e. The van der Waals surface area contributed by atoms with Crippen molar-refractivity contribution < 1.29 is 0 Å². The lowest BCUT2D eigenvalue weighted by molar-refractivity contribution is 1.14. The molecule has 2 aromatic heterocycles. The molecule has 0 fully saturated rings. The number of nitrogens with one attached hydrogen (secondary N) is 1. The minimum atomic E-state index is 0.192. The van der Waals surface area contributed by atoms with Crippen LogP contribution in [0.3, 0.4) is 0 Å². The average Bonchev–Trinajstić information content (AvgIpc) is 2.27. The van der Waals surface area contributed by atoms with Gasteiger partial charge in [0.15, 0.2) is 5.82 Å². The van der Waals surface area contributed by atoms with E-state index in [1.165, 1.54) is 0 Å². The van der Waals surface area contributed by atoms with E-state index < -0.39 is 0 Å². The van der Waals surface area contributed by atoms with Gasteiger partial charge in [0, 0.05) is 12.4 Å². The summed E-state index contributed by atoms with van der Waals surface area (Å²) in [5, 5.41) is 3.24. The minimum absolute atomic E-state index is 0.192.